The minimum absolute atomic E-state index is 0.506. The molecule has 1 nitrogen and oxygen atoms in total. The van der Waals surface area contributed by atoms with Crippen LogP contribution in [0, 0.1) is 35.0 Å². The number of rotatable bonds is 5. The Hall–Kier alpha value is -0.300. The molecule has 0 radical (unpaired) electrons. The molecule has 0 aromatic carbocycles. The highest BCUT2D eigenvalue weighted by atomic mass is 15.2. The van der Waals surface area contributed by atoms with E-state index in [1.54, 1.807) is 0 Å². The largest absolute Gasteiger partial charge is 0.294 e. The van der Waals surface area contributed by atoms with Crippen molar-refractivity contribution in [2.75, 3.05) is 0 Å². The second kappa shape index (κ2) is 11.6. The molecule has 0 aromatic rings. The molecule has 33 heavy (non-hydrogen) atoms. The summed E-state index contributed by atoms with van der Waals surface area (Å²) in [4.78, 5) is 3.14. The lowest BCUT2D eigenvalue weighted by Gasteiger charge is -2.49. The SMILES string of the molecule is CC1CCC(N(C2CCC(C)CC2)C2CCC(/C=C/C3CCC(C(C)(C)C)CC3)CC2)CC1. The zero-order valence-electron chi connectivity index (χ0n) is 23.0. The van der Waals surface area contributed by atoms with Crippen molar-refractivity contribution in [3.05, 3.63) is 12.2 Å². The fourth-order valence-electron chi connectivity index (χ4n) is 8.06. The van der Waals surface area contributed by atoms with Crippen molar-refractivity contribution >= 4 is 0 Å². The molecule has 0 heterocycles. The zero-order valence-corrected chi connectivity index (χ0v) is 23.0. The Balaban J connectivity index is 1.28. The first kappa shape index (κ1) is 25.8. The van der Waals surface area contributed by atoms with Crippen molar-refractivity contribution in [1.29, 1.82) is 0 Å². The monoisotopic (exact) mass is 455 g/mol. The summed E-state index contributed by atoms with van der Waals surface area (Å²) in [5.74, 6) is 4.60. The Morgan fingerprint density at radius 2 is 0.818 bits per heavy atom. The third-order valence-corrected chi connectivity index (χ3v) is 10.6. The fourth-order valence-corrected chi connectivity index (χ4v) is 8.06. The second-order valence-electron chi connectivity index (χ2n) is 14.2. The molecule has 4 aliphatic rings. The van der Waals surface area contributed by atoms with Crippen molar-refractivity contribution < 1.29 is 0 Å². The Morgan fingerprint density at radius 3 is 1.18 bits per heavy atom. The van der Waals surface area contributed by atoms with Gasteiger partial charge in [0.2, 0.25) is 0 Å². The summed E-state index contributed by atoms with van der Waals surface area (Å²) in [5, 5.41) is 0. The predicted octanol–water partition coefficient (Wildman–Crippen LogP) is 9.41. The van der Waals surface area contributed by atoms with Crippen LogP contribution in [0.1, 0.15) is 137 Å². The lowest BCUT2D eigenvalue weighted by molar-refractivity contribution is 0.00813. The lowest BCUT2D eigenvalue weighted by Crippen LogP contribution is -2.52. The van der Waals surface area contributed by atoms with E-state index in [2.05, 4.69) is 51.7 Å². The van der Waals surface area contributed by atoms with Gasteiger partial charge in [0.1, 0.15) is 0 Å². The van der Waals surface area contributed by atoms with Crippen LogP contribution >= 0.6 is 0 Å². The summed E-state index contributed by atoms with van der Waals surface area (Å²) in [6, 6.07) is 2.68. The van der Waals surface area contributed by atoms with Crippen LogP contribution in [0.3, 0.4) is 0 Å². The first-order valence-corrected chi connectivity index (χ1v) is 15.2. The Labute approximate surface area is 207 Å². The average Bonchev–Trinajstić information content (AvgIpc) is 2.81. The quantitative estimate of drug-likeness (QED) is 0.373. The molecule has 4 aliphatic carbocycles. The van der Waals surface area contributed by atoms with Gasteiger partial charge in [0.05, 0.1) is 0 Å². The Morgan fingerprint density at radius 1 is 0.485 bits per heavy atom. The first-order valence-electron chi connectivity index (χ1n) is 15.2. The summed E-state index contributed by atoms with van der Waals surface area (Å²) in [7, 11) is 0. The third kappa shape index (κ3) is 7.11. The van der Waals surface area contributed by atoms with Gasteiger partial charge < -0.3 is 0 Å². The van der Waals surface area contributed by atoms with E-state index < -0.39 is 0 Å². The van der Waals surface area contributed by atoms with Gasteiger partial charge in [-0.05, 0) is 138 Å². The van der Waals surface area contributed by atoms with Crippen LogP contribution in [0.5, 0.6) is 0 Å². The van der Waals surface area contributed by atoms with Gasteiger partial charge in [-0.25, -0.2) is 0 Å². The van der Waals surface area contributed by atoms with Gasteiger partial charge in [-0.3, -0.25) is 4.90 Å². The van der Waals surface area contributed by atoms with E-state index in [9.17, 15) is 0 Å². The molecule has 0 saturated heterocycles. The maximum absolute atomic E-state index is 3.14. The maximum atomic E-state index is 3.14. The molecule has 0 atom stereocenters. The van der Waals surface area contributed by atoms with Crippen LogP contribution in [0.15, 0.2) is 12.2 Å². The van der Waals surface area contributed by atoms with Crippen LogP contribution in [0.25, 0.3) is 0 Å². The number of hydrogen-bond acceptors (Lipinski definition) is 1. The van der Waals surface area contributed by atoms with Gasteiger partial charge in [0, 0.05) is 18.1 Å². The molecule has 0 aliphatic heterocycles. The number of hydrogen-bond donors (Lipinski definition) is 0. The van der Waals surface area contributed by atoms with Gasteiger partial charge in [0.15, 0.2) is 0 Å². The van der Waals surface area contributed by atoms with E-state index in [-0.39, 0.29) is 0 Å². The van der Waals surface area contributed by atoms with Crippen molar-refractivity contribution in [3.63, 3.8) is 0 Å². The van der Waals surface area contributed by atoms with Gasteiger partial charge >= 0.3 is 0 Å². The maximum Gasteiger partial charge on any atom is 0.0102 e. The van der Waals surface area contributed by atoms with Crippen molar-refractivity contribution in [1.82, 2.24) is 4.90 Å². The summed E-state index contributed by atoms with van der Waals surface area (Å²) < 4.78 is 0. The smallest absolute Gasteiger partial charge is 0.0102 e. The molecule has 4 fully saturated rings. The average molecular weight is 456 g/mol. The molecule has 4 rings (SSSR count). The number of nitrogens with zero attached hydrogens (tertiary/aromatic N) is 1. The minimum atomic E-state index is 0.506. The highest BCUT2D eigenvalue weighted by Crippen LogP contribution is 2.42. The topological polar surface area (TPSA) is 3.24 Å². The van der Waals surface area contributed by atoms with E-state index in [1.165, 1.54) is 103 Å². The second-order valence-corrected chi connectivity index (χ2v) is 14.2. The van der Waals surface area contributed by atoms with Gasteiger partial charge in [-0.2, -0.15) is 0 Å². The van der Waals surface area contributed by atoms with Crippen LogP contribution in [0.2, 0.25) is 0 Å². The number of allylic oxidation sites excluding steroid dienone is 2. The molecule has 0 bridgehead atoms. The summed E-state index contributed by atoms with van der Waals surface area (Å²) in [6.45, 7) is 12.3. The molecule has 0 unspecified atom stereocenters. The summed E-state index contributed by atoms with van der Waals surface area (Å²) in [5.41, 5.74) is 0.506. The zero-order chi connectivity index (χ0) is 23.4. The van der Waals surface area contributed by atoms with Gasteiger partial charge in [-0.15, -0.1) is 0 Å². The van der Waals surface area contributed by atoms with Gasteiger partial charge in [0.25, 0.3) is 0 Å². The predicted molar refractivity (Wildman–Crippen MR) is 144 cm³/mol. The highest BCUT2D eigenvalue weighted by Gasteiger charge is 2.37. The first-order chi connectivity index (χ1) is 15.8. The van der Waals surface area contributed by atoms with E-state index in [4.69, 9.17) is 0 Å². The van der Waals surface area contributed by atoms with E-state index >= 15 is 0 Å². The van der Waals surface area contributed by atoms with Crippen LogP contribution in [0.4, 0.5) is 0 Å². The van der Waals surface area contributed by atoms with Crippen LogP contribution < -0.4 is 0 Å². The van der Waals surface area contributed by atoms with E-state index in [1.807, 2.05) is 0 Å². The highest BCUT2D eigenvalue weighted by molar-refractivity contribution is 4.99. The standard InChI is InChI=1S/C32H57N/c1-24-6-18-29(19-7-24)33(30-20-8-25(2)9-21-30)31-22-14-27(15-23-31)11-10-26-12-16-28(17-13-26)32(3,4)5/h10-11,24-31H,6-9,12-23H2,1-5H3/b11-10+. The summed E-state index contributed by atoms with van der Waals surface area (Å²) in [6.07, 6.45) is 28.7. The Kier molecular flexibility index (Phi) is 9.08. The van der Waals surface area contributed by atoms with Crippen molar-refractivity contribution in [2.45, 2.75) is 155 Å². The van der Waals surface area contributed by atoms with Crippen LogP contribution in [-0.4, -0.2) is 23.0 Å². The normalized spacial score (nSPS) is 41.5. The van der Waals surface area contributed by atoms with Gasteiger partial charge in [-0.1, -0.05) is 46.8 Å². The molecule has 4 saturated carbocycles. The molecule has 1 heteroatoms. The molecule has 0 aromatic heterocycles. The molecule has 0 N–H and O–H groups in total. The molecule has 0 spiro atoms. The molecular formula is C32H57N. The molecular weight excluding hydrogens is 398 g/mol. The van der Waals surface area contributed by atoms with Crippen LogP contribution in [-0.2, 0) is 0 Å². The summed E-state index contributed by atoms with van der Waals surface area (Å²) >= 11 is 0. The molecule has 190 valence electrons. The van der Waals surface area contributed by atoms with E-state index in [0.717, 1.165) is 47.7 Å². The molecule has 0 amide bonds. The van der Waals surface area contributed by atoms with E-state index in [0.29, 0.717) is 5.41 Å². The van der Waals surface area contributed by atoms with Crippen molar-refractivity contribution in [3.8, 4) is 0 Å². The lowest BCUT2D eigenvalue weighted by atomic mass is 9.69. The minimum Gasteiger partial charge on any atom is -0.294 e. The van der Waals surface area contributed by atoms with Crippen molar-refractivity contribution in [2.24, 2.45) is 35.0 Å². The third-order valence-electron chi connectivity index (χ3n) is 10.6. The fraction of sp³-hybridized carbons (Fsp3) is 0.938. The Bertz CT molecular complexity index is 560.